The van der Waals surface area contributed by atoms with Crippen molar-refractivity contribution in [2.24, 2.45) is 0 Å². The van der Waals surface area contributed by atoms with E-state index >= 15 is 0 Å². The van der Waals surface area contributed by atoms with Gasteiger partial charge in [-0.15, -0.1) is 0 Å². The molecular formula is C19H16N2O4. The predicted octanol–water partition coefficient (Wildman–Crippen LogP) is 3.28. The number of aromatic nitrogens is 1. The van der Waals surface area contributed by atoms with Crippen LogP contribution >= 0.6 is 0 Å². The molecule has 1 amide bonds. The van der Waals surface area contributed by atoms with Crippen molar-refractivity contribution in [2.75, 3.05) is 19.5 Å². The van der Waals surface area contributed by atoms with Gasteiger partial charge in [0.25, 0.3) is 5.91 Å². The maximum absolute atomic E-state index is 12.6. The first-order chi connectivity index (χ1) is 12.1. The van der Waals surface area contributed by atoms with Gasteiger partial charge in [-0.05, 0) is 29.0 Å². The van der Waals surface area contributed by atoms with Crippen molar-refractivity contribution >= 4 is 28.5 Å². The van der Waals surface area contributed by atoms with Crippen molar-refractivity contribution in [2.45, 2.75) is 0 Å². The molecule has 0 aliphatic rings. The summed E-state index contributed by atoms with van der Waals surface area (Å²) in [6.07, 6.45) is 0. The average molecular weight is 336 g/mol. The Bertz CT molecular complexity index is 953. The summed E-state index contributed by atoms with van der Waals surface area (Å²) in [5.74, 6) is -0.605. The van der Waals surface area contributed by atoms with Crippen molar-refractivity contribution < 1.29 is 19.1 Å². The molecule has 25 heavy (non-hydrogen) atoms. The number of carbonyl (C=O) groups excluding carboxylic acids is 2. The molecule has 126 valence electrons. The van der Waals surface area contributed by atoms with E-state index in [-0.39, 0.29) is 23.2 Å². The van der Waals surface area contributed by atoms with Gasteiger partial charge in [0.15, 0.2) is 5.82 Å². The summed E-state index contributed by atoms with van der Waals surface area (Å²) >= 11 is 0. The molecule has 0 bridgehead atoms. The van der Waals surface area contributed by atoms with E-state index in [9.17, 15) is 9.59 Å². The van der Waals surface area contributed by atoms with Gasteiger partial charge in [-0.25, -0.2) is 4.79 Å². The van der Waals surface area contributed by atoms with Crippen LogP contribution in [0.15, 0.2) is 54.6 Å². The lowest BCUT2D eigenvalue weighted by Gasteiger charge is -2.10. The highest BCUT2D eigenvalue weighted by molar-refractivity contribution is 6.08. The van der Waals surface area contributed by atoms with Crippen molar-refractivity contribution in [3.63, 3.8) is 0 Å². The number of methoxy groups -OCH3 is 2. The largest absolute Gasteiger partial charge is 0.481 e. The highest BCUT2D eigenvalue weighted by Gasteiger charge is 2.17. The van der Waals surface area contributed by atoms with Gasteiger partial charge >= 0.3 is 5.97 Å². The Balaban J connectivity index is 1.94. The van der Waals surface area contributed by atoms with E-state index in [1.807, 2.05) is 30.3 Å². The average Bonchev–Trinajstić information content (AvgIpc) is 2.66. The Morgan fingerprint density at radius 1 is 0.960 bits per heavy atom. The number of nitrogens with zero attached hydrogens (tertiary/aromatic N) is 1. The van der Waals surface area contributed by atoms with Crippen LogP contribution in [0.1, 0.15) is 20.7 Å². The molecule has 6 nitrogen and oxygen atoms in total. The van der Waals surface area contributed by atoms with Crippen molar-refractivity contribution in [1.82, 2.24) is 4.98 Å². The van der Waals surface area contributed by atoms with Crippen LogP contribution in [0, 0.1) is 0 Å². The first-order valence-corrected chi connectivity index (χ1v) is 7.56. The summed E-state index contributed by atoms with van der Waals surface area (Å²) in [7, 11) is 2.72. The summed E-state index contributed by atoms with van der Waals surface area (Å²) in [6, 6.07) is 16.1. The lowest BCUT2D eigenvalue weighted by molar-refractivity contribution is 0.0601. The molecule has 0 atom stereocenters. The molecule has 0 fully saturated rings. The van der Waals surface area contributed by atoms with Crippen LogP contribution in [0.4, 0.5) is 5.82 Å². The third-order valence-electron chi connectivity index (χ3n) is 3.73. The number of pyridine rings is 1. The Kier molecular flexibility index (Phi) is 4.61. The smallest absolute Gasteiger partial charge is 0.341 e. The van der Waals surface area contributed by atoms with Gasteiger partial charge < -0.3 is 14.8 Å². The zero-order valence-corrected chi connectivity index (χ0v) is 13.8. The zero-order valence-electron chi connectivity index (χ0n) is 13.8. The third-order valence-corrected chi connectivity index (χ3v) is 3.73. The molecule has 0 aliphatic heterocycles. The molecule has 0 spiro atoms. The minimum atomic E-state index is -0.594. The topological polar surface area (TPSA) is 77.5 Å². The van der Waals surface area contributed by atoms with Gasteiger partial charge in [0.2, 0.25) is 5.88 Å². The van der Waals surface area contributed by atoms with E-state index in [0.717, 1.165) is 10.8 Å². The van der Waals surface area contributed by atoms with Gasteiger partial charge in [0, 0.05) is 11.6 Å². The number of amides is 1. The summed E-state index contributed by atoms with van der Waals surface area (Å²) in [4.78, 5) is 28.6. The summed E-state index contributed by atoms with van der Waals surface area (Å²) in [5.41, 5.74) is 0.608. The fourth-order valence-electron chi connectivity index (χ4n) is 2.44. The van der Waals surface area contributed by atoms with Crippen LogP contribution in [0.3, 0.4) is 0 Å². The van der Waals surface area contributed by atoms with Crippen molar-refractivity contribution in [3.05, 3.63) is 65.7 Å². The summed E-state index contributed by atoms with van der Waals surface area (Å²) in [6.45, 7) is 0. The fraction of sp³-hybridized carbons (Fsp3) is 0.105. The zero-order chi connectivity index (χ0) is 17.8. The van der Waals surface area contributed by atoms with Crippen LogP contribution < -0.4 is 10.1 Å². The second-order valence-electron chi connectivity index (χ2n) is 5.26. The number of fused-ring (bicyclic) bond motifs is 1. The summed E-state index contributed by atoms with van der Waals surface area (Å²) < 4.78 is 9.78. The molecule has 0 saturated heterocycles. The lowest BCUT2D eigenvalue weighted by atomic mass is 10.1. The van der Waals surface area contributed by atoms with E-state index in [1.165, 1.54) is 26.4 Å². The summed E-state index contributed by atoms with van der Waals surface area (Å²) in [5, 5.41) is 4.63. The highest BCUT2D eigenvalue weighted by atomic mass is 16.5. The first-order valence-electron chi connectivity index (χ1n) is 7.56. The number of carbonyl (C=O) groups is 2. The van der Waals surface area contributed by atoms with Crippen LogP contribution in [0.5, 0.6) is 5.88 Å². The SMILES string of the molecule is COC(=O)c1ccc(OC)nc1NC(=O)c1ccc2ccccc2c1. The Morgan fingerprint density at radius 3 is 2.44 bits per heavy atom. The molecule has 0 unspecified atom stereocenters. The monoisotopic (exact) mass is 336 g/mol. The van der Waals surface area contributed by atoms with E-state index in [0.29, 0.717) is 5.56 Å². The number of nitrogens with one attached hydrogen (secondary N) is 1. The quantitative estimate of drug-likeness (QED) is 0.740. The molecule has 6 heteroatoms. The maximum atomic E-state index is 12.6. The molecule has 0 aliphatic carbocycles. The van der Waals surface area contributed by atoms with Gasteiger partial charge in [0.05, 0.1) is 14.2 Å². The van der Waals surface area contributed by atoms with Gasteiger partial charge in [-0.2, -0.15) is 4.98 Å². The van der Waals surface area contributed by atoms with Crippen molar-refractivity contribution in [1.29, 1.82) is 0 Å². The van der Waals surface area contributed by atoms with E-state index in [2.05, 4.69) is 10.3 Å². The molecule has 1 N–H and O–H groups in total. The number of hydrogen-bond acceptors (Lipinski definition) is 5. The normalized spacial score (nSPS) is 10.3. The molecular weight excluding hydrogens is 320 g/mol. The van der Waals surface area contributed by atoms with Gasteiger partial charge in [-0.3, -0.25) is 4.79 Å². The number of rotatable bonds is 4. The first kappa shape index (κ1) is 16.4. The van der Waals surface area contributed by atoms with Crippen molar-refractivity contribution in [3.8, 4) is 5.88 Å². The third kappa shape index (κ3) is 3.42. The number of anilines is 1. The minimum absolute atomic E-state index is 0.0874. The van der Waals surface area contributed by atoms with Crippen LogP contribution in [0.25, 0.3) is 10.8 Å². The molecule has 3 aromatic rings. The molecule has 2 aromatic carbocycles. The van der Waals surface area contributed by atoms with E-state index < -0.39 is 5.97 Å². The Labute approximate surface area is 144 Å². The fourth-order valence-corrected chi connectivity index (χ4v) is 2.44. The number of hydrogen-bond donors (Lipinski definition) is 1. The van der Waals surface area contributed by atoms with E-state index in [1.54, 1.807) is 12.1 Å². The molecule has 0 radical (unpaired) electrons. The van der Waals surface area contributed by atoms with E-state index in [4.69, 9.17) is 9.47 Å². The number of esters is 1. The van der Waals surface area contributed by atoms with Crippen LogP contribution in [-0.2, 0) is 4.74 Å². The maximum Gasteiger partial charge on any atom is 0.341 e. The Hall–Kier alpha value is -3.41. The molecule has 0 saturated carbocycles. The lowest BCUT2D eigenvalue weighted by Crippen LogP contribution is -2.17. The number of benzene rings is 2. The van der Waals surface area contributed by atoms with Crippen LogP contribution in [-0.4, -0.2) is 31.1 Å². The van der Waals surface area contributed by atoms with Gasteiger partial charge in [0.1, 0.15) is 5.56 Å². The molecule has 1 heterocycles. The second kappa shape index (κ2) is 7.00. The Morgan fingerprint density at radius 2 is 1.72 bits per heavy atom. The molecule has 3 rings (SSSR count). The highest BCUT2D eigenvalue weighted by Crippen LogP contribution is 2.21. The molecule has 1 aromatic heterocycles. The predicted molar refractivity (Wildman–Crippen MR) is 94.0 cm³/mol. The minimum Gasteiger partial charge on any atom is -0.481 e. The van der Waals surface area contributed by atoms with Gasteiger partial charge in [-0.1, -0.05) is 30.3 Å². The van der Waals surface area contributed by atoms with Crippen LogP contribution in [0.2, 0.25) is 0 Å². The standard InChI is InChI=1S/C19H16N2O4/c1-24-16-10-9-15(19(23)25-2)17(20-16)21-18(22)14-8-7-12-5-3-4-6-13(12)11-14/h3-11H,1-2H3,(H,20,21,22). The number of ether oxygens (including phenoxy) is 2. The second-order valence-corrected chi connectivity index (χ2v) is 5.26.